The summed E-state index contributed by atoms with van der Waals surface area (Å²) in [5.74, 6) is 0.0216. The number of carbonyl (C=O) groups excluding carboxylic acids is 3. The van der Waals surface area contributed by atoms with Crippen molar-refractivity contribution in [2.24, 2.45) is 0 Å². The van der Waals surface area contributed by atoms with Crippen molar-refractivity contribution in [3.05, 3.63) is 125 Å². The molecular formula is C31H29N3O5. The highest BCUT2D eigenvalue weighted by atomic mass is 16.6. The molecule has 0 spiro atoms. The molecule has 1 saturated heterocycles. The van der Waals surface area contributed by atoms with E-state index in [1.165, 1.54) is 11.2 Å². The van der Waals surface area contributed by atoms with Crippen molar-refractivity contribution in [1.29, 1.82) is 0 Å². The molecule has 2 atom stereocenters. The molecule has 2 N–H and O–H groups in total. The maximum absolute atomic E-state index is 13.4. The van der Waals surface area contributed by atoms with Gasteiger partial charge in [0.1, 0.15) is 5.76 Å². The van der Waals surface area contributed by atoms with Crippen LogP contribution in [0.25, 0.3) is 0 Å². The Bertz CT molecular complexity index is 1460. The third-order valence-corrected chi connectivity index (χ3v) is 6.62. The summed E-state index contributed by atoms with van der Waals surface area (Å²) in [7, 11) is 0. The van der Waals surface area contributed by atoms with Gasteiger partial charge in [0.2, 0.25) is 5.91 Å². The van der Waals surface area contributed by atoms with Crippen molar-refractivity contribution in [3.8, 4) is 0 Å². The minimum atomic E-state index is -0.901. The quantitative estimate of drug-likeness (QED) is 0.316. The van der Waals surface area contributed by atoms with Crippen LogP contribution in [0.1, 0.15) is 44.5 Å². The molecule has 0 aliphatic carbocycles. The molecule has 1 aromatic heterocycles. The molecule has 3 aromatic carbocycles. The van der Waals surface area contributed by atoms with Crippen LogP contribution in [-0.2, 0) is 22.6 Å². The van der Waals surface area contributed by atoms with Gasteiger partial charge in [-0.05, 0) is 61.4 Å². The highest BCUT2D eigenvalue weighted by Gasteiger charge is 2.47. The summed E-state index contributed by atoms with van der Waals surface area (Å²) in [5, 5.41) is 5.75. The molecule has 0 unspecified atom stereocenters. The van der Waals surface area contributed by atoms with Crippen LogP contribution in [0, 0.1) is 13.8 Å². The van der Waals surface area contributed by atoms with Crippen molar-refractivity contribution in [2.45, 2.75) is 39.1 Å². The van der Waals surface area contributed by atoms with Crippen molar-refractivity contribution in [2.75, 3.05) is 5.32 Å². The highest BCUT2D eigenvalue weighted by Crippen LogP contribution is 2.34. The summed E-state index contributed by atoms with van der Waals surface area (Å²) >= 11 is 0. The van der Waals surface area contributed by atoms with Gasteiger partial charge in [0.05, 0.1) is 19.4 Å². The van der Waals surface area contributed by atoms with Gasteiger partial charge >= 0.3 is 6.09 Å². The van der Waals surface area contributed by atoms with Crippen LogP contribution in [0.15, 0.2) is 95.6 Å². The van der Waals surface area contributed by atoms with Gasteiger partial charge in [-0.25, -0.2) is 4.79 Å². The Morgan fingerprint density at radius 2 is 1.67 bits per heavy atom. The van der Waals surface area contributed by atoms with Gasteiger partial charge in [0.25, 0.3) is 5.91 Å². The number of rotatable bonds is 8. The number of anilines is 1. The molecule has 8 nitrogen and oxygen atoms in total. The molecule has 1 aliphatic rings. The first-order valence-electron chi connectivity index (χ1n) is 12.7. The van der Waals surface area contributed by atoms with E-state index in [1.54, 1.807) is 42.5 Å². The summed E-state index contributed by atoms with van der Waals surface area (Å²) < 4.78 is 11.1. The SMILES string of the molecule is Cc1ccc(CN2C(=O)O[C@@H](c3ccc(NC(=O)c4cccc(C)c4)cc3)[C@@H]2C(=O)NCc2ccco2)cc1. The number of ether oxygens (including phenoxy) is 1. The lowest BCUT2D eigenvalue weighted by molar-refractivity contribution is -0.126. The molecule has 198 valence electrons. The number of amides is 3. The fraction of sp³-hybridized carbons (Fsp3) is 0.194. The number of carbonyl (C=O) groups is 3. The second-order valence-electron chi connectivity index (χ2n) is 9.61. The summed E-state index contributed by atoms with van der Waals surface area (Å²) in [6, 6.07) is 24.7. The second-order valence-corrected chi connectivity index (χ2v) is 9.61. The van der Waals surface area contributed by atoms with Crippen molar-refractivity contribution < 1.29 is 23.5 Å². The molecule has 1 fully saturated rings. The van der Waals surface area contributed by atoms with E-state index in [9.17, 15) is 14.4 Å². The summed E-state index contributed by atoms with van der Waals surface area (Å²) in [6.45, 7) is 4.32. The van der Waals surface area contributed by atoms with Crippen molar-refractivity contribution >= 4 is 23.6 Å². The number of nitrogens with zero attached hydrogens (tertiary/aromatic N) is 1. The number of cyclic esters (lactones) is 1. The van der Waals surface area contributed by atoms with Gasteiger partial charge in [-0.15, -0.1) is 0 Å². The number of hydrogen-bond donors (Lipinski definition) is 2. The summed E-state index contributed by atoms with van der Waals surface area (Å²) in [5.41, 5.74) is 4.77. The largest absolute Gasteiger partial charge is 0.467 e. The number of hydrogen-bond acceptors (Lipinski definition) is 5. The molecule has 4 aromatic rings. The summed E-state index contributed by atoms with van der Waals surface area (Å²) in [4.78, 5) is 40.6. The first kappa shape index (κ1) is 25.8. The van der Waals surface area contributed by atoms with Gasteiger partial charge in [0.15, 0.2) is 12.1 Å². The minimum Gasteiger partial charge on any atom is -0.467 e. The lowest BCUT2D eigenvalue weighted by Crippen LogP contribution is -2.46. The lowest BCUT2D eigenvalue weighted by atomic mass is 10.00. The average Bonchev–Trinajstić information content (AvgIpc) is 3.57. The molecular weight excluding hydrogens is 494 g/mol. The normalized spacial score (nSPS) is 16.6. The predicted molar refractivity (Wildman–Crippen MR) is 146 cm³/mol. The summed E-state index contributed by atoms with van der Waals surface area (Å²) in [6.07, 6.45) is 0.131. The van der Waals surface area contributed by atoms with Crippen molar-refractivity contribution in [1.82, 2.24) is 10.2 Å². The van der Waals surface area contributed by atoms with E-state index >= 15 is 0 Å². The van der Waals surface area contributed by atoms with E-state index in [0.29, 0.717) is 22.6 Å². The predicted octanol–water partition coefficient (Wildman–Crippen LogP) is 5.53. The lowest BCUT2D eigenvalue weighted by Gasteiger charge is -2.24. The van der Waals surface area contributed by atoms with E-state index in [2.05, 4.69) is 10.6 Å². The Kier molecular flexibility index (Phi) is 7.45. The van der Waals surface area contributed by atoms with Crippen LogP contribution in [0.2, 0.25) is 0 Å². The first-order chi connectivity index (χ1) is 18.9. The standard InChI is InChI=1S/C31H29N3O5/c1-20-8-10-22(11-9-20)19-34-27(30(36)32-18-26-7-4-16-38-26)28(39-31(34)37)23-12-14-25(15-13-23)33-29(35)24-6-3-5-21(2)17-24/h3-17,27-28H,18-19H2,1-2H3,(H,32,36)(H,33,35)/t27-,28+/m1/s1. The highest BCUT2D eigenvalue weighted by molar-refractivity contribution is 6.04. The fourth-order valence-corrected chi connectivity index (χ4v) is 4.54. The maximum atomic E-state index is 13.4. The molecule has 1 aliphatic heterocycles. The maximum Gasteiger partial charge on any atom is 0.411 e. The topological polar surface area (TPSA) is 101 Å². The molecule has 3 amide bonds. The average molecular weight is 524 g/mol. The Labute approximate surface area is 226 Å². The zero-order valence-electron chi connectivity index (χ0n) is 21.7. The molecule has 0 saturated carbocycles. The number of furan rings is 1. The van der Waals surface area contributed by atoms with E-state index < -0.39 is 18.2 Å². The fourth-order valence-electron chi connectivity index (χ4n) is 4.54. The zero-order valence-corrected chi connectivity index (χ0v) is 21.7. The molecule has 8 heteroatoms. The van der Waals surface area contributed by atoms with Crippen LogP contribution in [0.3, 0.4) is 0 Å². The van der Waals surface area contributed by atoms with Crippen LogP contribution in [0.5, 0.6) is 0 Å². The Morgan fingerprint density at radius 3 is 2.36 bits per heavy atom. The minimum absolute atomic E-state index is 0.186. The van der Waals surface area contributed by atoms with E-state index in [1.807, 2.05) is 56.3 Å². The van der Waals surface area contributed by atoms with E-state index in [4.69, 9.17) is 9.15 Å². The number of aryl methyl sites for hydroxylation is 2. The van der Waals surface area contributed by atoms with Crippen molar-refractivity contribution in [3.63, 3.8) is 0 Å². The zero-order chi connectivity index (χ0) is 27.4. The van der Waals surface area contributed by atoms with Gasteiger partial charge in [-0.1, -0.05) is 59.7 Å². The third kappa shape index (κ3) is 6.01. The van der Waals surface area contributed by atoms with E-state index in [0.717, 1.165) is 16.7 Å². The molecule has 39 heavy (non-hydrogen) atoms. The molecule has 2 heterocycles. The molecule has 5 rings (SSSR count). The first-order valence-corrected chi connectivity index (χ1v) is 12.7. The monoisotopic (exact) mass is 523 g/mol. The van der Waals surface area contributed by atoms with Crippen LogP contribution >= 0.6 is 0 Å². The van der Waals surface area contributed by atoms with Gasteiger partial charge in [-0.2, -0.15) is 0 Å². The number of benzene rings is 3. The second kappa shape index (κ2) is 11.3. The van der Waals surface area contributed by atoms with Gasteiger partial charge < -0.3 is 19.8 Å². The van der Waals surface area contributed by atoms with Gasteiger partial charge in [0, 0.05) is 11.3 Å². The molecule has 0 radical (unpaired) electrons. The third-order valence-electron chi connectivity index (χ3n) is 6.62. The smallest absolute Gasteiger partial charge is 0.411 e. The van der Waals surface area contributed by atoms with Crippen LogP contribution < -0.4 is 10.6 Å². The number of nitrogens with one attached hydrogen (secondary N) is 2. The van der Waals surface area contributed by atoms with E-state index in [-0.39, 0.29) is 24.9 Å². The Morgan fingerprint density at radius 1 is 0.897 bits per heavy atom. The van der Waals surface area contributed by atoms with Crippen LogP contribution in [0.4, 0.5) is 10.5 Å². The van der Waals surface area contributed by atoms with Crippen LogP contribution in [-0.4, -0.2) is 28.8 Å². The Balaban J connectivity index is 1.36. The Hall–Kier alpha value is -4.85. The van der Waals surface area contributed by atoms with Gasteiger partial charge in [-0.3, -0.25) is 14.5 Å². The molecule has 0 bridgehead atoms.